The highest BCUT2D eigenvalue weighted by molar-refractivity contribution is 7.18. The van der Waals surface area contributed by atoms with Gasteiger partial charge in [0.15, 0.2) is 5.78 Å². The summed E-state index contributed by atoms with van der Waals surface area (Å²) in [5.74, 6) is 0.819. The fourth-order valence-electron chi connectivity index (χ4n) is 1.78. The molecule has 1 aromatic carbocycles. The lowest BCUT2D eigenvalue weighted by molar-refractivity contribution is 0.0975. The maximum Gasteiger partial charge on any atom is 0.162 e. The summed E-state index contributed by atoms with van der Waals surface area (Å²) >= 11 is 1.64. The molecule has 2 nitrogen and oxygen atoms in total. The van der Waals surface area contributed by atoms with Gasteiger partial charge < -0.3 is 0 Å². The lowest BCUT2D eigenvalue weighted by Gasteiger charge is -2.03. The largest absolute Gasteiger partial charge is 0.294 e. The highest BCUT2D eigenvalue weighted by Crippen LogP contribution is 2.23. The van der Waals surface area contributed by atoms with Gasteiger partial charge in [0.2, 0.25) is 0 Å². The molecule has 1 aromatic heterocycles. The standard InChI is InChI=1S/C14H17NOS/c1-9(2)4-7-13(16)11-5-6-12-14(8-11)17-10(3)15-12/h5-6,8-9H,4,7H2,1-3H3. The van der Waals surface area contributed by atoms with Crippen LogP contribution in [-0.4, -0.2) is 10.8 Å². The molecule has 0 bridgehead atoms. The molecule has 90 valence electrons. The molecule has 2 rings (SSSR count). The van der Waals surface area contributed by atoms with Gasteiger partial charge in [0.25, 0.3) is 0 Å². The van der Waals surface area contributed by atoms with Crippen molar-refractivity contribution in [3.8, 4) is 0 Å². The number of Topliss-reactive ketones (excluding diaryl/α,β-unsaturated/α-hetero) is 1. The number of aryl methyl sites for hydroxylation is 1. The zero-order valence-corrected chi connectivity index (χ0v) is 11.3. The number of nitrogens with zero attached hydrogens (tertiary/aromatic N) is 1. The van der Waals surface area contributed by atoms with Crippen LogP contribution in [-0.2, 0) is 0 Å². The van der Waals surface area contributed by atoms with Crippen LogP contribution < -0.4 is 0 Å². The van der Waals surface area contributed by atoms with Gasteiger partial charge in [-0.2, -0.15) is 0 Å². The fraction of sp³-hybridized carbons (Fsp3) is 0.429. The molecule has 0 aliphatic carbocycles. The first-order chi connectivity index (χ1) is 8.06. The molecule has 0 fully saturated rings. The van der Waals surface area contributed by atoms with Crippen molar-refractivity contribution in [1.82, 2.24) is 4.98 Å². The van der Waals surface area contributed by atoms with E-state index in [1.54, 1.807) is 11.3 Å². The van der Waals surface area contributed by atoms with Crippen LogP contribution in [0.4, 0.5) is 0 Å². The summed E-state index contributed by atoms with van der Waals surface area (Å²) in [5.41, 5.74) is 1.81. The Hall–Kier alpha value is -1.22. The molecule has 1 heterocycles. The third-order valence-corrected chi connectivity index (χ3v) is 3.70. The van der Waals surface area contributed by atoms with Gasteiger partial charge in [-0.05, 0) is 37.5 Å². The third kappa shape index (κ3) is 2.91. The minimum atomic E-state index is 0.242. The first-order valence-corrected chi connectivity index (χ1v) is 6.78. The smallest absolute Gasteiger partial charge is 0.162 e. The average Bonchev–Trinajstić information content (AvgIpc) is 2.64. The van der Waals surface area contributed by atoms with Crippen LogP contribution in [0, 0.1) is 12.8 Å². The van der Waals surface area contributed by atoms with Gasteiger partial charge in [0.1, 0.15) is 0 Å². The molecule has 0 unspecified atom stereocenters. The van der Waals surface area contributed by atoms with Crippen molar-refractivity contribution in [3.05, 3.63) is 28.8 Å². The van der Waals surface area contributed by atoms with E-state index in [1.807, 2.05) is 25.1 Å². The van der Waals surface area contributed by atoms with Crippen LogP contribution in [0.15, 0.2) is 18.2 Å². The number of thiazole rings is 1. The van der Waals surface area contributed by atoms with Gasteiger partial charge in [-0.25, -0.2) is 4.98 Å². The van der Waals surface area contributed by atoms with Crippen LogP contribution in [0.5, 0.6) is 0 Å². The van der Waals surface area contributed by atoms with Crippen LogP contribution in [0.1, 0.15) is 42.1 Å². The number of hydrogen-bond acceptors (Lipinski definition) is 3. The van der Waals surface area contributed by atoms with Crippen LogP contribution in [0.2, 0.25) is 0 Å². The SMILES string of the molecule is Cc1nc2ccc(C(=O)CCC(C)C)cc2s1. The van der Waals surface area contributed by atoms with Crippen molar-refractivity contribution in [2.75, 3.05) is 0 Å². The minimum Gasteiger partial charge on any atom is -0.294 e. The summed E-state index contributed by atoms with van der Waals surface area (Å²) in [6.07, 6.45) is 1.60. The van der Waals surface area contributed by atoms with E-state index in [4.69, 9.17) is 0 Å². The Labute approximate surface area is 106 Å². The zero-order chi connectivity index (χ0) is 12.4. The lowest BCUT2D eigenvalue weighted by atomic mass is 10.0. The zero-order valence-electron chi connectivity index (χ0n) is 10.5. The van der Waals surface area contributed by atoms with E-state index >= 15 is 0 Å². The maximum absolute atomic E-state index is 12.0. The Kier molecular flexibility index (Phi) is 3.57. The van der Waals surface area contributed by atoms with Gasteiger partial charge >= 0.3 is 0 Å². The number of ketones is 1. The van der Waals surface area contributed by atoms with E-state index in [2.05, 4.69) is 18.8 Å². The summed E-state index contributed by atoms with van der Waals surface area (Å²) in [6.45, 7) is 6.27. The Morgan fingerprint density at radius 3 is 2.88 bits per heavy atom. The van der Waals surface area contributed by atoms with Crippen molar-refractivity contribution in [1.29, 1.82) is 0 Å². The van der Waals surface area contributed by atoms with Crippen LogP contribution in [0.25, 0.3) is 10.2 Å². The molecule has 0 saturated heterocycles. The summed E-state index contributed by atoms with van der Waals surface area (Å²) in [4.78, 5) is 16.4. The molecular formula is C14H17NOS. The van der Waals surface area contributed by atoms with E-state index in [1.165, 1.54) is 0 Å². The molecule has 17 heavy (non-hydrogen) atoms. The number of carbonyl (C=O) groups is 1. The Balaban J connectivity index is 2.20. The van der Waals surface area contributed by atoms with Crippen molar-refractivity contribution < 1.29 is 4.79 Å². The number of carbonyl (C=O) groups excluding carboxylic acids is 1. The first-order valence-electron chi connectivity index (χ1n) is 5.96. The van der Waals surface area contributed by atoms with E-state index < -0.39 is 0 Å². The molecule has 0 radical (unpaired) electrons. The topological polar surface area (TPSA) is 30.0 Å². The van der Waals surface area contributed by atoms with Gasteiger partial charge in [-0.3, -0.25) is 4.79 Å². The Morgan fingerprint density at radius 2 is 2.18 bits per heavy atom. The number of benzene rings is 1. The van der Waals surface area contributed by atoms with E-state index in [0.29, 0.717) is 12.3 Å². The second-order valence-corrected chi connectivity index (χ2v) is 6.01. The van der Waals surface area contributed by atoms with E-state index in [9.17, 15) is 4.79 Å². The number of hydrogen-bond donors (Lipinski definition) is 0. The average molecular weight is 247 g/mol. The molecule has 3 heteroatoms. The van der Waals surface area contributed by atoms with E-state index in [0.717, 1.165) is 27.2 Å². The van der Waals surface area contributed by atoms with Gasteiger partial charge in [0, 0.05) is 12.0 Å². The molecule has 0 aliphatic rings. The molecular weight excluding hydrogens is 230 g/mol. The maximum atomic E-state index is 12.0. The second-order valence-electron chi connectivity index (χ2n) is 4.77. The van der Waals surface area contributed by atoms with Crippen LogP contribution >= 0.6 is 11.3 Å². The van der Waals surface area contributed by atoms with Gasteiger partial charge in [-0.15, -0.1) is 11.3 Å². The second kappa shape index (κ2) is 4.96. The number of aromatic nitrogens is 1. The van der Waals surface area contributed by atoms with Crippen molar-refractivity contribution >= 4 is 27.3 Å². The molecule has 0 amide bonds. The molecule has 0 saturated carbocycles. The monoisotopic (exact) mass is 247 g/mol. The first kappa shape index (κ1) is 12.2. The third-order valence-electron chi connectivity index (χ3n) is 2.77. The van der Waals surface area contributed by atoms with E-state index in [-0.39, 0.29) is 5.78 Å². The predicted molar refractivity (Wildman–Crippen MR) is 72.8 cm³/mol. The van der Waals surface area contributed by atoms with Crippen LogP contribution in [0.3, 0.4) is 0 Å². The normalized spacial score (nSPS) is 11.3. The number of fused-ring (bicyclic) bond motifs is 1. The highest BCUT2D eigenvalue weighted by Gasteiger charge is 2.09. The lowest BCUT2D eigenvalue weighted by Crippen LogP contribution is -2.00. The minimum absolute atomic E-state index is 0.242. The van der Waals surface area contributed by atoms with Crippen molar-refractivity contribution in [2.45, 2.75) is 33.6 Å². The summed E-state index contributed by atoms with van der Waals surface area (Å²) in [6, 6.07) is 5.81. The van der Waals surface area contributed by atoms with Crippen molar-refractivity contribution in [3.63, 3.8) is 0 Å². The summed E-state index contributed by atoms with van der Waals surface area (Å²) < 4.78 is 1.11. The Morgan fingerprint density at radius 1 is 1.41 bits per heavy atom. The quantitative estimate of drug-likeness (QED) is 0.757. The molecule has 0 spiro atoms. The highest BCUT2D eigenvalue weighted by atomic mass is 32.1. The molecule has 2 aromatic rings. The predicted octanol–water partition coefficient (Wildman–Crippen LogP) is 4.22. The number of rotatable bonds is 4. The molecule has 0 N–H and O–H groups in total. The summed E-state index contributed by atoms with van der Waals surface area (Å²) in [7, 11) is 0. The van der Waals surface area contributed by atoms with Crippen molar-refractivity contribution in [2.24, 2.45) is 5.92 Å². The molecule has 0 atom stereocenters. The molecule has 0 aliphatic heterocycles. The Bertz CT molecular complexity index is 542. The fourth-order valence-corrected chi connectivity index (χ4v) is 2.64. The summed E-state index contributed by atoms with van der Waals surface area (Å²) in [5, 5.41) is 1.05. The van der Waals surface area contributed by atoms with Gasteiger partial charge in [0.05, 0.1) is 15.2 Å². The van der Waals surface area contributed by atoms with Gasteiger partial charge in [-0.1, -0.05) is 13.8 Å².